The highest BCUT2D eigenvalue weighted by molar-refractivity contribution is 7.80. The summed E-state index contributed by atoms with van der Waals surface area (Å²) >= 11 is 5.03. The summed E-state index contributed by atoms with van der Waals surface area (Å²) in [5, 5.41) is 2.62. The van der Waals surface area contributed by atoms with Crippen LogP contribution in [-0.2, 0) is 9.59 Å². The van der Waals surface area contributed by atoms with E-state index in [2.05, 4.69) is 23.1 Å². The maximum absolute atomic E-state index is 12.1. The van der Waals surface area contributed by atoms with Gasteiger partial charge in [0.05, 0.1) is 0 Å². The molecular formula is C23H29N3O3S. The van der Waals surface area contributed by atoms with Gasteiger partial charge in [-0.3, -0.25) is 20.4 Å². The summed E-state index contributed by atoms with van der Waals surface area (Å²) in [6, 6.07) is 17.3. The maximum Gasteiger partial charge on any atom is 0.276 e. The summed E-state index contributed by atoms with van der Waals surface area (Å²) in [6.07, 6.45) is 5.76. The zero-order valence-corrected chi connectivity index (χ0v) is 18.1. The Kier molecular flexibility index (Phi) is 10.4. The molecule has 0 spiro atoms. The van der Waals surface area contributed by atoms with Crippen molar-refractivity contribution in [2.24, 2.45) is 0 Å². The Balaban J connectivity index is 1.71. The second-order valence-electron chi connectivity index (χ2n) is 6.87. The summed E-state index contributed by atoms with van der Waals surface area (Å²) in [7, 11) is 0. The van der Waals surface area contributed by atoms with Crippen LogP contribution in [0, 0.1) is 0 Å². The number of rotatable bonds is 10. The van der Waals surface area contributed by atoms with Crippen molar-refractivity contribution in [1.29, 1.82) is 0 Å². The van der Waals surface area contributed by atoms with Gasteiger partial charge < -0.3 is 10.1 Å². The van der Waals surface area contributed by atoms with E-state index in [4.69, 9.17) is 17.0 Å². The van der Waals surface area contributed by atoms with Crippen LogP contribution in [0.4, 0.5) is 0 Å². The molecule has 2 amide bonds. The molecule has 2 aromatic carbocycles. The molecule has 0 heterocycles. The number of unbranched alkanes of at least 4 members (excludes halogenated alkanes) is 4. The van der Waals surface area contributed by atoms with E-state index >= 15 is 0 Å². The molecule has 0 saturated heterocycles. The van der Waals surface area contributed by atoms with Crippen LogP contribution in [0.15, 0.2) is 54.6 Å². The predicted octanol–water partition coefficient (Wildman–Crippen LogP) is 4.11. The molecule has 0 radical (unpaired) electrons. The van der Waals surface area contributed by atoms with Crippen LogP contribution in [-0.4, -0.2) is 23.5 Å². The standard InChI is InChI=1S/C23H29N3O3S/c1-2-3-4-5-9-16-21(27)24-23(30)26-25-22(28)17-29-20-15-11-10-14-19(20)18-12-7-6-8-13-18/h6-8,10-15H,2-5,9,16-17H2,1H3,(H,25,28)(H2,24,26,27,30). The smallest absolute Gasteiger partial charge is 0.276 e. The predicted molar refractivity (Wildman–Crippen MR) is 123 cm³/mol. The average molecular weight is 428 g/mol. The SMILES string of the molecule is CCCCCCCC(=O)NC(=S)NNC(=O)COc1ccccc1-c1ccccc1. The van der Waals surface area contributed by atoms with Gasteiger partial charge in [0.2, 0.25) is 5.91 Å². The number of hydrogen-bond donors (Lipinski definition) is 3. The Morgan fingerprint density at radius 3 is 2.33 bits per heavy atom. The number of hydrazine groups is 1. The van der Waals surface area contributed by atoms with Crippen molar-refractivity contribution in [2.75, 3.05) is 6.61 Å². The third-order valence-electron chi connectivity index (χ3n) is 4.41. The number of carbonyl (C=O) groups excluding carboxylic acids is 2. The number of ether oxygens (including phenoxy) is 1. The van der Waals surface area contributed by atoms with Crippen LogP contribution in [0.5, 0.6) is 5.75 Å². The molecule has 0 aliphatic carbocycles. The summed E-state index contributed by atoms with van der Waals surface area (Å²) in [5.41, 5.74) is 6.87. The Hall–Kier alpha value is -2.93. The van der Waals surface area contributed by atoms with Crippen LogP contribution in [0.25, 0.3) is 11.1 Å². The zero-order chi connectivity index (χ0) is 21.6. The van der Waals surface area contributed by atoms with Gasteiger partial charge in [-0.15, -0.1) is 0 Å². The molecule has 0 atom stereocenters. The van der Waals surface area contributed by atoms with Gasteiger partial charge in [0, 0.05) is 12.0 Å². The van der Waals surface area contributed by atoms with Crippen molar-refractivity contribution in [2.45, 2.75) is 45.4 Å². The van der Waals surface area contributed by atoms with Crippen LogP contribution >= 0.6 is 12.2 Å². The molecule has 3 N–H and O–H groups in total. The van der Waals surface area contributed by atoms with Crippen LogP contribution in [0.1, 0.15) is 45.4 Å². The molecule has 0 aromatic heterocycles. The van der Waals surface area contributed by atoms with Crippen LogP contribution in [0.2, 0.25) is 0 Å². The number of carbonyl (C=O) groups is 2. The minimum Gasteiger partial charge on any atom is -0.483 e. The Bertz CT molecular complexity index is 827. The van der Waals surface area contributed by atoms with Gasteiger partial charge in [0.25, 0.3) is 5.91 Å². The summed E-state index contributed by atoms with van der Waals surface area (Å²) < 4.78 is 5.67. The van der Waals surface area contributed by atoms with E-state index < -0.39 is 5.91 Å². The molecule has 0 fully saturated rings. The van der Waals surface area contributed by atoms with E-state index in [-0.39, 0.29) is 17.6 Å². The van der Waals surface area contributed by atoms with Gasteiger partial charge >= 0.3 is 0 Å². The van der Waals surface area contributed by atoms with Gasteiger partial charge in [-0.2, -0.15) is 0 Å². The zero-order valence-electron chi connectivity index (χ0n) is 17.3. The molecule has 7 heteroatoms. The average Bonchev–Trinajstić information content (AvgIpc) is 2.77. The van der Waals surface area contributed by atoms with Crippen molar-refractivity contribution in [3.05, 3.63) is 54.6 Å². The molecular weight excluding hydrogens is 398 g/mol. The lowest BCUT2D eigenvalue weighted by Crippen LogP contribution is -2.49. The van der Waals surface area contributed by atoms with E-state index in [1.165, 1.54) is 12.8 Å². The fourth-order valence-corrected chi connectivity index (χ4v) is 3.03. The summed E-state index contributed by atoms with van der Waals surface area (Å²) in [6.45, 7) is 1.96. The van der Waals surface area contributed by atoms with Gasteiger partial charge in [0.1, 0.15) is 5.75 Å². The van der Waals surface area contributed by atoms with E-state index in [9.17, 15) is 9.59 Å². The fourth-order valence-electron chi connectivity index (χ4n) is 2.86. The second kappa shape index (κ2) is 13.3. The van der Waals surface area contributed by atoms with Crippen LogP contribution in [0.3, 0.4) is 0 Å². The highest BCUT2D eigenvalue weighted by Gasteiger charge is 2.09. The summed E-state index contributed by atoms with van der Waals surface area (Å²) in [4.78, 5) is 23.9. The van der Waals surface area contributed by atoms with E-state index in [0.29, 0.717) is 12.2 Å². The normalized spacial score (nSPS) is 10.2. The molecule has 30 heavy (non-hydrogen) atoms. The van der Waals surface area contributed by atoms with Gasteiger partial charge in [0.15, 0.2) is 11.7 Å². The van der Waals surface area contributed by atoms with E-state index in [1.54, 1.807) is 0 Å². The highest BCUT2D eigenvalue weighted by atomic mass is 32.1. The van der Waals surface area contributed by atoms with E-state index in [0.717, 1.165) is 30.4 Å². The molecule has 0 aliphatic rings. The number of nitrogens with one attached hydrogen (secondary N) is 3. The molecule has 0 bridgehead atoms. The maximum atomic E-state index is 12.1. The van der Waals surface area contributed by atoms with Crippen molar-refractivity contribution in [3.63, 3.8) is 0 Å². The fraction of sp³-hybridized carbons (Fsp3) is 0.348. The Morgan fingerprint density at radius 1 is 0.867 bits per heavy atom. The van der Waals surface area contributed by atoms with Crippen molar-refractivity contribution in [1.82, 2.24) is 16.2 Å². The molecule has 2 rings (SSSR count). The number of amides is 2. The lowest BCUT2D eigenvalue weighted by atomic mass is 10.1. The minimum atomic E-state index is -0.408. The van der Waals surface area contributed by atoms with Crippen molar-refractivity contribution < 1.29 is 14.3 Å². The molecule has 0 unspecified atom stereocenters. The first-order valence-electron chi connectivity index (χ1n) is 10.3. The molecule has 6 nitrogen and oxygen atoms in total. The topological polar surface area (TPSA) is 79.5 Å². The van der Waals surface area contributed by atoms with Gasteiger partial charge in [-0.1, -0.05) is 81.1 Å². The number of hydrogen-bond acceptors (Lipinski definition) is 4. The molecule has 0 saturated carbocycles. The third-order valence-corrected chi connectivity index (χ3v) is 4.61. The summed E-state index contributed by atoms with van der Waals surface area (Å²) in [5.74, 6) is 0.0399. The Morgan fingerprint density at radius 2 is 1.57 bits per heavy atom. The lowest BCUT2D eigenvalue weighted by Gasteiger charge is -2.13. The lowest BCUT2D eigenvalue weighted by molar-refractivity contribution is -0.124. The molecule has 0 aliphatic heterocycles. The van der Waals surface area contributed by atoms with Crippen molar-refractivity contribution >= 4 is 29.1 Å². The highest BCUT2D eigenvalue weighted by Crippen LogP contribution is 2.29. The first kappa shape index (κ1) is 23.3. The van der Waals surface area contributed by atoms with Gasteiger partial charge in [-0.05, 0) is 30.3 Å². The third kappa shape index (κ3) is 8.61. The largest absolute Gasteiger partial charge is 0.483 e. The monoisotopic (exact) mass is 427 g/mol. The van der Waals surface area contributed by atoms with Crippen LogP contribution < -0.4 is 20.9 Å². The second-order valence-corrected chi connectivity index (χ2v) is 7.27. The number of para-hydroxylation sites is 1. The number of benzene rings is 2. The minimum absolute atomic E-state index is 0.0617. The number of thiocarbonyl (C=S) groups is 1. The van der Waals surface area contributed by atoms with E-state index in [1.807, 2.05) is 54.6 Å². The Labute approximate surface area is 183 Å². The quantitative estimate of drug-likeness (QED) is 0.302. The van der Waals surface area contributed by atoms with Crippen molar-refractivity contribution in [3.8, 4) is 16.9 Å². The first-order valence-corrected chi connectivity index (χ1v) is 10.7. The first-order chi connectivity index (χ1) is 14.6. The molecule has 160 valence electrons. The van der Waals surface area contributed by atoms with Gasteiger partial charge in [-0.25, -0.2) is 0 Å². The molecule has 2 aromatic rings.